The maximum atomic E-state index is 14.6. The standard InChI is InChI=1S/C33H22ClFN4O3S/c1-19-12-14-23(16-20(19)2)39-31(41)26(30(40)38(33(39)43)22-9-4-3-5-10-22)17-25-24-11-7-6-8-21(24)13-15-28(25)42-29-27(35)18-36-32(34)37-29/h3-18H,1-2H3/b26-17-. The average Bonchev–Trinajstić information content (AvgIpc) is 3.00. The molecule has 1 fully saturated rings. The van der Waals surface area contributed by atoms with Crippen molar-refractivity contribution in [1.29, 1.82) is 0 Å². The number of aromatic nitrogens is 2. The van der Waals surface area contributed by atoms with Crippen molar-refractivity contribution in [3.05, 3.63) is 124 Å². The lowest BCUT2D eigenvalue weighted by atomic mass is 9.99. The van der Waals surface area contributed by atoms with Crippen LogP contribution < -0.4 is 14.5 Å². The summed E-state index contributed by atoms with van der Waals surface area (Å²) in [5.41, 5.74) is 3.21. The van der Waals surface area contributed by atoms with Crippen LogP contribution in [0, 0.1) is 19.7 Å². The monoisotopic (exact) mass is 608 g/mol. The highest BCUT2D eigenvalue weighted by atomic mass is 35.5. The van der Waals surface area contributed by atoms with E-state index in [1.54, 1.807) is 42.5 Å². The summed E-state index contributed by atoms with van der Waals surface area (Å²) in [5.74, 6) is -2.31. The molecule has 0 saturated carbocycles. The quantitative estimate of drug-likeness (QED) is 0.0886. The van der Waals surface area contributed by atoms with E-state index in [1.807, 2.05) is 56.3 Å². The Bertz CT molecular complexity index is 1980. The Morgan fingerprint density at radius 1 is 0.860 bits per heavy atom. The minimum absolute atomic E-state index is 0.0219. The molecule has 0 aliphatic carbocycles. The Balaban J connectivity index is 1.57. The molecule has 5 aromatic rings. The van der Waals surface area contributed by atoms with Gasteiger partial charge in [0.15, 0.2) is 5.11 Å². The molecular formula is C33H22ClFN4O3S. The molecule has 2 heterocycles. The molecule has 0 N–H and O–H groups in total. The number of amides is 2. The zero-order valence-corrected chi connectivity index (χ0v) is 24.5. The number of carbonyl (C=O) groups is 2. The first-order valence-corrected chi connectivity index (χ1v) is 14.0. The molecule has 1 saturated heterocycles. The van der Waals surface area contributed by atoms with Crippen molar-refractivity contribution in [2.24, 2.45) is 0 Å². The van der Waals surface area contributed by atoms with Gasteiger partial charge in [-0.3, -0.25) is 19.4 Å². The minimum atomic E-state index is -0.831. The van der Waals surface area contributed by atoms with Crippen LogP contribution >= 0.6 is 23.8 Å². The first-order valence-electron chi connectivity index (χ1n) is 13.2. The summed E-state index contributed by atoms with van der Waals surface area (Å²) in [5, 5.41) is 1.28. The van der Waals surface area contributed by atoms with Crippen molar-refractivity contribution in [3.8, 4) is 11.6 Å². The molecule has 1 aliphatic heterocycles. The van der Waals surface area contributed by atoms with Gasteiger partial charge in [0.25, 0.3) is 17.7 Å². The summed E-state index contributed by atoms with van der Waals surface area (Å²) in [7, 11) is 0. The van der Waals surface area contributed by atoms with Crippen molar-refractivity contribution in [2.45, 2.75) is 13.8 Å². The smallest absolute Gasteiger partial charge is 0.270 e. The highest BCUT2D eigenvalue weighted by Gasteiger charge is 2.41. The number of carbonyl (C=O) groups excluding carboxylic acids is 2. The molecule has 43 heavy (non-hydrogen) atoms. The van der Waals surface area contributed by atoms with Crippen LogP contribution in [0.2, 0.25) is 5.28 Å². The molecule has 1 aromatic heterocycles. The number of aryl methyl sites for hydroxylation is 2. The van der Waals surface area contributed by atoms with Gasteiger partial charge >= 0.3 is 0 Å². The second-order valence-corrected chi connectivity index (χ2v) is 10.5. The number of benzene rings is 4. The number of rotatable bonds is 5. The number of halogens is 2. The predicted molar refractivity (Wildman–Crippen MR) is 169 cm³/mol. The summed E-state index contributed by atoms with van der Waals surface area (Å²) < 4.78 is 20.5. The van der Waals surface area contributed by atoms with Crippen molar-refractivity contribution >= 4 is 69.0 Å². The molecule has 0 atom stereocenters. The number of fused-ring (bicyclic) bond motifs is 1. The average molecular weight is 609 g/mol. The molecule has 4 aromatic carbocycles. The normalized spacial score (nSPS) is 14.6. The third kappa shape index (κ3) is 5.24. The summed E-state index contributed by atoms with van der Waals surface area (Å²) in [4.78, 5) is 38.5. The van der Waals surface area contributed by atoms with Crippen molar-refractivity contribution in [2.75, 3.05) is 9.80 Å². The van der Waals surface area contributed by atoms with Gasteiger partial charge in [0.05, 0.1) is 17.6 Å². The maximum absolute atomic E-state index is 14.6. The topological polar surface area (TPSA) is 75.6 Å². The second kappa shape index (κ2) is 11.4. The highest BCUT2D eigenvalue weighted by Crippen LogP contribution is 2.36. The Labute approximate surface area is 256 Å². The number of anilines is 2. The zero-order valence-electron chi connectivity index (χ0n) is 22.9. The van der Waals surface area contributed by atoms with Gasteiger partial charge in [0, 0.05) is 5.56 Å². The van der Waals surface area contributed by atoms with Gasteiger partial charge in [-0.2, -0.15) is 9.37 Å². The molecule has 2 amide bonds. The lowest BCUT2D eigenvalue weighted by molar-refractivity contribution is -0.120. The third-order valence-electron chi connectivity index (χ3n) is 7.12. The van der Waals surface area contributed by atoms with Crippen LogP contribution in [0.15, 0.2) is 96.7 Å². The lowest BCUT2D eigenvalue weighted by Gasteiger charge is -2.36. The largest absolute Gasteiger partial charge is 0.436 e. The summed E-state index contributed by atoms with van der Waals surface area (Å²) in [6.07, 6.45) is 2.35. The lowest BCUT2D eigenvalue weighted by Crippen LogP contribution is -2.57. The molecule has 6 rings (SSSR count). The molecule has 0 unspecified atom stereocenters. The summed E-state index contributed by atoms with van der Waals surface area (Å²) in [6, 6.07) is 25.2. The van der Waals surface area contributed by atoms with E-state index in [0.717, 1.165) is 22.7 Å². The second-order valence-electron chi connectivity index (χ2n) is 9.82. The van der Waals surface area contributed by atoms with E-state index < -0.39 is 23.5 Å². The van der Waals surface area contributed by atoms with E-state index in [9.17, 15) is 14.0 Å². The molecule has 7 nitrogen and oxygen atoms in total. The fourth-order valence-corrected chi connectivity index (χ4v) is 5.29. The summed E-state index contributed by atoms with van der Waals surface area (Å²) in [6.45, 7) is 3.90. The third-order valence-corrected chi connectivity index (χ3v) is 7.67. The van der Waals surface area contributed by atoms with Crippen LogP contribution in [0.3, 0.4) is 0 Å². The molecule has 212 valence electrons. The van der Waals surface area contributed by atoms with Crippen LogP contribution in [0.4, 0.5) is 15.8 Å². The van der Waals surface area contributed by atoms with Crippen molar-refractivity contribution in [3.63, 3.8) is 0 Å². The van der Waals surface area contributed by atoms with Crippen LogP contribution in [0.25, 0.3) is 16.8 Å². The first kappa shape index (κ1) is 28.1. The Kier molecular flexibility index (Phi) is 7.43. The van der Waals surface area contributed by atoms with Crippen molar-refractivity contribution in [1.82, 2.24) is 9.97 Å². The molecule has 0 radical (unpaired) electrons. The van der Waals surface area contributed by atoms with Crippen LogP contribution in [0.5, 0.6) is 11.6 Å². The summed E-state index contributed by atoms with van der Waals surface area (Å²) >= 11 is 11.7. The number of ether oxygens (including phenoxy) is 1. The van der Waals surface area contributed by atoms with E-state index in [4.69, 9.17) is 28.6 Å². The van der Waals surface area contributed by atoms with Gasteiger partial charge in [-0.15, -0.1) is 0 Å². The van der Waals surface area contributed by atoms with Gasteiger partial charge in [0.2, 0.25) is 11.1 Å². The number of para-hydroxylation sites is 1. The van der Waals surface area contributed by atoms with Gasteiger partial charge in [0.1, 0.15) is 11.3 Å². The number of nitrogens with zero attached hydrogens (tertiary/aromatic N) is 4. The van der Waals surface area contributed by atoms with Gasteiger partial charge < -0.3 is 4.74 Å². The number of thiocarbonyl (C=S) groups is 1. The number of hydrogen-bond acceptors (Lipinski definition) is 6. The van der Waals surface area contributed by atoms with Crippen LogP contribution in [0.1, 0.15) is 16.7 Å². The number of hydrogen-bond donors (Lipinski definition) is 0. The Morgan fingerprint density at radius 2 is 1.56 bits per heavy atom. The van der Waals surface area contributed by atoms with E-state index in [1.165, 1.54) is 15.9 Å². The van der Waals surface area contributed by atoms with E-state index in [0.29, 0.717) is 22.3 Å². The maximum Gasteiger partial charge on any atom is 0.270 e. The van der Waals surface area contributed by atoms with Crippen molar-refractivity contribution < 1.29 is 18.7 Å². The van der Waals surface area contributed by atoms with Crippen LogP contribution in [-0.2, 0) is 9.59 Å². The molecule has 1 aliphatic rings. The molecule has 0 bridgehead atoms. The minimum Gasteiger partial charge on any atom is -0.436 e. The Morgan fingerprint density at radius 3 is 2.30 bits per heavy atom. The molecular weight excluding hydrogens is 587 g/mol. The Hall–Kier alpha value is -4.99. The molecule has 0 spiro atoms. The highest BCUT2D eigenvalue weighted by molar-refractivity contribution is 7.81. The zero-order chi connectivity index (χ0) is 30.2. The molecule has 10 heteroatoms. The fraction of sp³-hybridized carbons (Fsp3) is 0.0606. The van der Waals surface area contributed by atoms with Gasteiger partial charge in [-0.05, 0) is 96.0 Å². The van der Waals surface area contributed by atoms with Gasteiger partial charge in [-0.1, -0.05) is 54.6 Å². The van der Waals surface area contributed by atoms with Gasteiger partial charge in [-0.25, -0.2) is 4.98 Å². The van der Waals surface area contributed by atoms with Crippen LogP contribution in [-0.4, -0.2) is 26.9 Å². The fourth-order valence-electron chi connectivity index (χ4n) is 4.79. The predicted octanol–water partition coefficient (Wildman–Crippen LogP) is 7.58. The SMILES string of the molecule is Cc1ccc(N2C(=O)/C(=C\c3c(Oc4nc(Cl)ncc4F)ccc4ccccc34)C(=O)N(c3ccccc3)C2=S)cc1C. The van der Waals surface area contributed by atoms with E-state index in [-0.39, 0.29) is 21.7 Å². The van der Waals surface area contributed by atoms with E-state index >= 15 is 0 Å². The first-order chi connectivity index (χ1) is 20.7. The van der Waals surface area contributed by atoms with E-state index in [2.05, 4.69) is 9.97 Å².